The highest BCUT2D eigenvalue weighted by molar-refractivity contribution is 7.10. The van der Waals surface area contributed by atoms with Crippen LogP contribution in [0.1, 0.15) is 16.5 Å². The second-order valence-corrected chi connectivity index (χ2v) is 4.06. The van der Waals surface area contributed by atoms with Crippen molar-refractivity contribution in [2.24, 2.45) is 5.84 Å². The largest absolute Gasteiger partial charge is 0.383 e. The maximum atomic E-state index is 6.08. The van der Waals surface area contributed by atoms with Crippen LogP contribution in [0, 0.1) is 6.92 Å². The third-order valence-corrected chi connectivity index (χ3v) is 3.60. The zero-order valence-corrected chi connectivity index (χ0v) is 9.21. The summed E-state index contributed by atoms with van der Waals surface area (Å²) >= 11 is 7.67. The smallest absolute Gasteiger partial charge is 0.0801 e. The van der Waals surface area contributed by atoms with Gasteiger partial charge in [0.25, 0.3) is 0 Å². The number of rotatable bonds is 4. The molecule has 0 aromatic carbocycles. The number of methoxy groups -OCH3 is 1. The number of hydrazine groups is 1. The minimum Gasteiger partial charge on any atom is -0.383 e. The van der Waals surface area contributed by atoms with E-state index in [1.807, 2.05) is 12.3 Å². The fourth-order valence-corrected chi connectivity index (χ4v) is 2.42. The van der Waals surface area contributed by atoms with Gasteiger partial charge in [0.05, 0.1) is 17.7 Å². The number of aryl methyl sites for hydroxylation is 1. The fraction of sp³-hybridized carbons (Fsp3) is 0.500. The second-order valence-electron chi connectivity index (χ2n) is 2.77. The van der Waals surface area contributed by atoms with Crippen molar-refractivity contribution in [3.05, 3.63) is 20.8 Å². The highest BCUT2D eigenvalue weighted by Gasteiger charge is 2.16. The highest BCUT2D eigenvalue weighted by atomic mass is 35.5. The first-order valence-electron chi connectivity index (χ1n) is 3.89. The standard InChI is InChI=1S/C8H13ClN2OS/c1-5-4-13-8(7(5)9)6(11-10)3-12-2/h4,6,11H,3,10H2,1-2H3. The first-order valence-corrected chi connectivity index (χ1v) is 5.15. The average molecular weight is 221 g/mol. The summed E-state index contributed by atoms with van der Waals surface area (Å²) in [4.78, 5) is 1.03. The van der Waals surface area contributed by atoms with Gasteiger partial charge in [-0.25, -0.2) is 5.43 Å². The monoisotopic (exact) mass is 220 g/mol. The molecule has 1 aromatic heterocycles. The van der Waals surface area contributed by atoms with E-state index in [1.54, 1.807) is 18.4 Å². The van der Waals surface area contributed by atoms with Gasteiger partial charge in [-0.05, 0) is 17.9 Å². The zero-order valence-electron chi connectivity index (χ0n) is 7.63. The van der Waals surface area contributed by atoms with E-state index in [9.17, 15) is 0 Å². The van der Waals surface area contributed by atoms with Crippen molar-refractivity contribution in [1.82, 2.24) is 5.43 Å². The number of halogens is 1. The van der Waals surface area contributed by atoms with Gasteiger partial charge in [0.2, 0.25) is 0 Å². The van der Waals surface area contributed by atoms with Gasteiger partial charge in [-0.2, -0.15) is 0 Å². The molecule has 1 aromatic rings. The molecule has 1 rings (SSSR count). The molecule has 74 valence electrons. The quantitative estimate of drug-likeness (QED) is 0.602. The lowest BCUT2D eigenvalue weighted by Gasteiger charge is -2.13. The lowest BCUT2D eigenvalue weighted by molar-refractivity contribution is 0.168. The molecule has 0 fully saturated rings. The molecule has 3 N–H and O–H groups in total. The Balaban J connectivity index is 2.84. The number of hydrogen-bond acceptors (Lipinski definition) is 4. The Kier molecular flexibility index (Phi) is 4.15. The molecule has 0 aliphatic heterocycles. The van der Waals surface area contributed by atoms with E-state index in [4.69, 9.17) is 22.2 Å². The molecular weight excluding hydrogens is 208 g/mol. The molecule has 0 bridgehead atoms. The van der Waals surface area contributed by atoms with Crippen LogP contribution in [0.3, 0.4) is 0 Å². The minimum absolute atomic E-state index is 0.0174. The summed E-state index contributed by atoms with van der Waals surface area (Å²) in [7, 11) is 1.64. The summed E-state index contributed by atoms with van der Waals surface area (Å²) in [5.41, 5.74) is 3.76. The van der Waals surface area contributed by atoms with Crippen LogP contribution in [0.25, 0.3) is 0 Å². The molecule has 0 radical (unpaired) electrons. The van der Waals surface area contributed by atoms with Crippen LogP contribution < -0.4 is 11.3 Å². The summed E-state index contributed by atoms with van der Waals surface area (Å²) in [5.74, 6) is 5.39. The average Bonchev–Trinajstić information content (AvgIpc) is 2.45. The van der Waals surface area contributed by atoms with E-state index in [-0.39, 0.29) is 6.04 Å². The van der Waals surface area contributed by atoms with Gasteiger partial charge in [0.15, 0.2) is 0 Å². The van der Waals surface area contributed by atoms with Crippen molar-refractivity contribution < 1.29 is 4.74 Å². The molecule has 13 heavy (non-hydrogen) atoms. The first kappa shape index (κ1) is 10.9. The predicted octanol–water partition coefficient (Wildman–Crippen LogP) is 1.86. The third-order valence-electron chi connectivity index (χ3n) is 1.78. The van der Waals surface area contributed by atoms with Gasteiger partial charge in [-0.1, -0.05) is 11.6 Å². The molecule has 5 heteroatoms. The van der Waals surface area contributed by atoms with E-state index < -0.39 is 0 Å². The molecule has 1 atom stereocenters. The molecule has 1 heterocycles. The van der Waals surface area contributed by atoms with Gasteiger partial charge in [-0.15, -0.1) is 11.3 Å². The molecule has 1 unspecified atom stereocenters. The van der Waals surface area contributed by atoms with E-state index in [0.717, 1.165) is 15.5 Å². The Bertz CT molecular complexity index is 277. The van der Waals surface area contributed by atoms with Crippen LogP contribution in [-0.2, 0) is 4.74 Å². The Morgan fingerprint density at radius 1 is 1.77 bits per heavy atom. The molecule has 0 spiro atoms. The molecule has 3 nitrogen and oxygen atoms in total. The minimum atomic E-state index is -0.0174. The van der Waals surface area contributed by atoms with Crippen LogP contribution in [0.4, 0.5) is 0 Å². The summed E-state index contributed by atoms with van der Waals surface area (Å²) in [6.07, 6.45) is 0. The van der Waals surface area contributed by atoms with Crippen molar-refractivity contribution >= 4 is 22.9 Å². The fourth-order valence-electron chi connectivity index (χ4n) is 1.05. The van der Waals surface area contributed by atoms with Crippen molar-refractivity contribution in [3.63, 3.8) is 0 Å². The number of nitrogens with one attached hydrogen (secondary N) is 1. The molecule has 0 aliphatic carbocycles. The van der Waals surface area contributed by atoms with Crippen LogP contribution in [0.15, 0.2) is 5.38 Å². The third kappa shape index (κ3) is 2.42. The Hall–Kier alpha value is -0.130. The van der Waals surface area contributed by atoms with E-state index in [2.05, 4.69) is 5.43 Å². The molecule has 0 saturated carbocycles. The van der Waals surface area contributed by atoms with Crippen LogP contribution >= 0.6 is 22.9 Å². The zero-order chi connectivity index (χ0) is 9.84. The maximum Gasteiger partial charge on any atom is 0.0801 e. The Labute approximate surface area is 86.8 Å². The SMILES string of the molecule is COCC(NN)c1scc(C)c1Cl. The van der Waals surface area contributed by atoms with E-state index >= 15 is 0 Å². The van der Waals surface area contributed by atoms with Gasteiger partial charge in [0.1, 0.15) is 0 Å². The summed E-state index contributed by atoms with van der Waals surface area (Å²) in [5, 5.41) is 2.79. The number of nitrogens with two attached hydrogens (primary N) is 1. The molecule has 0 saturated heterocycles. The van der Waals surface area contributed by atoms with Crippen molar-refractivity contribution in [2.75, 3.05) is 13.7 Å². The summed E-state index contributed by atoms with van der Waals surface area (Å²) < 4.78 is 5.02. The van der Waals surface area contributed by atoms with Crippen LogP contribution in [-0.4, -0.2) is 13.7 Å². The van der Waals surface area contributed by atoms with Crippen molar-refractivity contribution in [1.29, 1.82) is 0 Å². The molecular formula is C8H13ClN2OS. The number of ether oxygens (including phenoxy) is 1. The Morgan fingerprint density at radius 2 is 2.46 bits per heavy atom. The van der Waals surface area contributed by atoms with Crippen molar-refractivity contribution in [3.8, 4) is 0 Å². The van der Waals surface area contributed by atoms with Gasteiger partial charge >= 0.3 is 0 Å². The second kappa shape index (κ2) is 4.93. The van der Waals surface area contributed by atoms with Gasteiger partial charge in [0, 0.05) is 12.0 Å². The Morgan fingerprint density at radius 3 is 2.85 bits per heavy atom. The normalized spacial score (nSPS) is 13.2. The lowest BCUT2D eigenvalue weighted by atomic mass is 10.2. The summed E-state index contributed by atoms with van der Waals surface area (Å²) in [6, 6.07) is -0.0174. The lowest BCUT2D eigenvalue weighted by Crippen LogP contribution is -2.30. The topological polar surface area (TPSA) is 47.3 Å². The first-order chi connectivity index (χ1) is 6.20. The summed E-state index contributed by atoms with van der Waals surface area (Å²) in [6.45, 7) is 2.50. The van der Waals surface area contributed by atoms with Crippen molar-refractivity contribution in [2.45, 2.75) is 13.0 Å². The predicted molar refractivity (Wildman–Crippen MR) is 56.0 cm³/mol. The van der Waals surface area contributed by atoms with Gasteiger partial charge in [-0.3, -0.25) is 5.84 Å². The van der Waals surface area contributed by atoms with E-state index in [1.165, 1.54) is 0 Å². The maximum absolute atomic E-state index is 6.08. The van der Waals surface area contributed by atoms with Crippen LogP contribution in [0.2, 0.25) is 5.02 Å². The van der Waals surface area contributed by atoms with E-state index in [0.29, 0.717) is 6.61 Å². The number of thiophene rings is 1. The molecule has 0 aliphatic rings. The number of hydrogen-bond donors (Lipinski definition) is 2. The molecule has 0 amide bonds. The highest BCUT2D eigenvalue weighted by Crippen LogP contribution is 2.32. The van der Waals surface area contributed by atoms with Gasteiger partial charge < -0.3 is 4.74 Å². The van der Waals surface area contributed by atoms with Crippen LogP contribution in [0.5, 0.6) is 0 Å².